The molecule has 4 aromatic carbocycles. The first-order chi connectivity index (χ1) is 21.5. The van der Waals surface area contributed by atoms with E-state index in [9.17, 15) is 9.59 Å². The van der Waals surface area contributed by atoms with Crippen molar-refractivity contribution in [2.75, 3.05) is 40.3 Å². The summed E-state index contributed by atoms with van der Waals surface area (Å²) in [5.74, 6) is 1.30. The van der Waals surface area contributed by atoms with Gasteiger partial charge in [-0.25, -0.2) is 9.97 Å². The fourth-order valence-corrected chi connectivity index (χ4v) is 5.02. The van der Waals surface area contributed by atoms with Gasteiger partial charge in [-0.1, -0.05) is 36.4 Å². The van der Waals surface area contributed by atoms with E-state index in [1.165, 1.54) is 0 Å². The van der Waals surface area contributed by atoms with Gasteiger partial charge in [0.05, 0.1) is 22.1 Å². The number of hydrogen-bond donors (Lipinski definition) is 6. The number of fused-ring (bicyclic) bond motifs is 2. The van der Waals surface area contributed by atoms with Crippen molar-refractivity contribution < 1.29 is 9.59 Å². The SMILES string of the molecule is CNCCNC(=O)c1ccc(-c2nc3ccc(-c4ccc5nc(-c6ccc(C(=O)NCCNC)cc6)[nH]c5c4)cc3[nH]2)cc1. The van der Waals surface area contributed by atoms with Gasteiger partial charge in [-0.3, -0.25) is 9.59 Å². The van der Waals surface area contributed by atoms with Gasteiger partial charge >= 0.3 is 0 Å². The summed E-state index contributed by atoms with van der Waals surface area (Å²) in [4.78, 5) is 41.0. The van der Waals surface area contributed by atoms with Crippen LogP contribution in [0.25, 0.3) is 56.0 Å². The van der Waals surface area contributed by atoms with E-state index in [0.29, 0.717) is 24.2 Å². The summed E-state index contributed by atoms with van der Waals surface area (Å²) >= 11 is 0. The van der Waals surface area contributed by atoms with E-state index in [1.807, 2.05) is 74.8 Å². The predicted molar refractivity (Wildman–Crippen MR) is 175 cm³/mol. The highest BCUT2D eigenvalue weighted by Gasteiger charge is 2.12. The van der Waals surface area contributed by atoms with Gasteiger partial charge in [-0.05, 0) is 73.8 Å². The molecule has 44 heavy (non-hydrogen) atoms. The summed E-state index contributed by atoms with van der Waals surface area (Å²) in [6.45, 7) is 2.58. The van der Waals surface area contributed by atoms with Crippen LogP contribution in [0.1, 0.15) is 20.7 Å². The molecule has 10 heteroatoms. The third kappa shape index (κ3) is 6.22. The fourth-order valence-electron chi connectivity index (χ4n) is 5.02. The monoisotopic (exact) mass is 586 g/mol. The molecule has 0 atom stereocenters. The Kier molecular flexibility index (Phi) is 8.44. The summed E-state index contributed by atoms with van der Waals surface area (Å²) in [5, 5.41) is 11.8. The minimum absolute atomic E-state index is 0.0966. The molecule has 0 saturated heterocycles. The van der Waals surface area contributed by atoms with Crippen molar-refractivity contribution >= 4 is 33.9 Å². The fraction of sp³-hybridized carbons (Fsp3) is 0.176. The zero-order chi connectivity index (χ0) is 30.5. The number of hydrogen-bond acceptors (Lipinski definition) is 6. The van der Waals surface area contributed by atoms with Crippen molar-refractivity contribution in [3.8, 4) is 33.9 Å². The molecule has 0 aliphatic carbocycles. The third-order valence-corrected chi connectivity index (χ3v) is 7.46. The quantitative estimate of drug-likeness (QED) is 0.125. The van der Waals surface area contributed by atoms with E-state index < -0.39 is 0 Å². The molecule has 0 spiro atoms. The maximum absolute atomic E-state index is 12.3. The number of aromatic nitrogens is 4. The molecule has 0 radical (unpaired) electrons. The Morgan fingerprint density at radius 1 is 0.545 bits per heavy atom. The topological polar surface area (TPSA) is 140 Å². The summed E-state index contributed by atoms with van der Waals surface area (Å²) in [5.41, 5.74) is 8.71. The molecule has 222 valence electrons. The first kappa shape index (κ1) is 28.8. The Morgan fingerprint density at radius 2 is 0.932 bits per heavy atom. The molecular formula is C34H34N8O2. The third-order valence-electron chi connectivity index (χ3n) is 7.46. The highest BCUT2D eigenvalue weighted by atomic mass is 16.2. The number of H-pyrrole nitrogens is 2. The molecule has 2 amide bonds. The van der Waals surface area contributed by atoms with Crippen molar-refractivity contribution in [3.05, 3.63) is 96.1 Å². The van der Waals surface area contributed by atoms with Crippen molar-refractivity contribution in [1.82, 2.24) is 41.2 Å². The standard InChI is InChI=1S/C34H34N8O2/c1-35-15-17-37-33(43)23-7-3-21(4-8-23)31-39-27-13-11-25(19-29(27)41-31)26-12-14-28-30(20-26)42-32(40-28)22-5-9-24(10-6-22)34(44)38-18-16-36-2/h3-14,19-20,35-36H,15-18H2,1-2H3,(H,37,43)(H,38,44)(H,39,41)(H,40,42). The summed E-state index contributed by atoms with van der Waals surface area (Å²) < 4.78 is 0. The molecule has 10 nitrogen and oxygen atoms in total. The van der Waals surface area contributed by atoms with Crippen molar-refractivity contribution in [3.63, 3.8) is 0 Å². The molecule has 6 aromatic rings. The lowest BCUT2D eigenvalue weighted by Crippen LogP contribution is -2.30. The van der Waals surface area contributed by atoms with Crippen LogP contribution >= 0.6 is 0 Å². The van der Waals surface area contributed by atoms with Crippen LogP contribution in [-0.4, -0.2) is 72.0 Å². The van der Waals surface area contributed by atoms with E-state index in [4.69, 9.17) is 9.97 Å². The maximum Gasteiger partial charge on any atom is 0.251 e. The Labute approximate surface area is 254 Å². The normalized spacial score (nSPS) is 11.2. The van der Waals surface area contributed by atoms with Gasteiger partial charge in [0, 0.05) is 48.4 Å². The number of likely N-dealkylation sites (N-methyl/N-ethyl adjacent to an activating group) is 2. The Hall–Kier alpha value is -5.32. The summed E-state index contributed by atoms with van der Waals surface area (Å²) in [6, 6.07) is 27.2. The minimum atomic E-state index is -0.0966. The van der Waals surface area contributed by atoms with Crippen LogP contribution < -0.4 is 21.3 Å². The highest BCUT2D eigenvalue weighted by molar-refractivity contribution is 5.95. The molecule has 0 bridgehead atoms. The molecule has 2 heterocycles. The number of nitrogens with zero attached hydrogens (tertiary/aromatic N) is 2. The van der Waals surface area contributed by atoms with Gasteiger partial charge in [-0.15, -0.1) is 0 Å². The average Bonchev–Trinajstić information content (AvgIpc) is 3.69. The molecular weight excluding hydrogens is 552 g/mol. The van der Waals surface area contributed by atoms with Crippen molar-refractivity contribution in [2.24, 2.45) is 0 Å². The average molecular weight is 587 g/mol. The van der Waals surface area contributed by atoms with Crippen LogP contribution in [0.3, 0.4) is 0 Å². The molecule has 0 aliphatic rings. The number of amides is 2. The van der Waals surface area contributed by atoms with E-state index in [2.05, 4.69) is 55.5 Å². The minimum Gasteiger partial charge on any atom is -0.351 e. The second kappa shape index (κ2) is 12.9. The van der Waals surface area contributed by atoms with E-state index in [-0.39, 0.29) is 11.8 Å². The van der Waals surface area contributed by atoms with Gasteiger partial charge in [0.25, 0.3) is 11.8 Å². The predicted octanol–water partition coefficient (Wildman–Crippen LogP) is 4.34. The molecule has 2 aromatic heterocycles. The number of imidazole rings is 2. The van der Waals surface area contributed by atoms with Crippen LogP contribution in [0.2, 0.25) is 0 Å². The zero-order valence-electron chi connectivity index (χ0n) is 24.6. The number of rotatable bonds is 11. The number of aromatic amines is 2. The second-order valence-corrected chi connectivity index (χ2v) is 10.5. The number of carbonyl (C=O) groups excluding carboxylic acids is 2. The van der Waals surface area contributed by atoms with E-state index in [1.54, 1.807) is 0 Å². The van der Waals surface area contributed by atoms with Gasteiger partial charge in [0.2, 0.25) is 0 Å². The summed E-state index contributed by atoms with van der Waals surface area (Å²) in [6.07, 6.45) is 0. The lowest BCUT2D eigenvalue weighted by molar-refractivity contribution is 0.0946. The van der Waals surface area contributed by atoms with Gasteiger partial charge in [-0.2, -0.15) is 0 Å². The largest absolute Gasteiger partial charge is 0.351 e. The van der Waals surface area contributed by atoms with Crippen LogP contribution in [0.4, 0.5) is 0 Å². The van der Waals surface area contributed by atoms with Crippen LogP contribution in [0.5, 0.6) is 0 Å². The molecule has 0 saturated carbocycles. The maximum atomic E-state index is 12.3. The second-order valence-electron chi connectivity index (χ2n) is 10.5. The van der Waals surface area contributed by atoms with Crippen molar-refractivity contribution in [2.45, 2.75) is 0 Å². The molecule has 0 aliphatic heterocycles. The highest BCUT2D eigenvalue weighted by Crippen LogP contribution is 2.29. The molecule has 0 unspecified atom stereocenters. The lowest BCUT2D eigenvalue weighted by atomic mass is 10.0. The first-order valence-electron chi connectivity index (χ1n) is 14.6. The first-order valence-corrected chi connectivity index (χ1v) is 14.6. The number of carbonyl (C=O) groups is 2. The van der Waals surface area contributed by atoms with Gasteiger partial charge in [0.1, 0.15) is 11.6 Å². The Bertz CT molecular complexity index is 1780. The smallest absolute Gasteiger partial charge is 0.251 e. The van der Waals surface area contributed by atoms with Crippen molar-refractivity contribution in [1.29, 1.82) is 0 Å². The van der Waals surface area contributed by atoms with E-state index in [0.717, 1.165) is 69.1 Å². The van der Waals surface area contributed by atoms with Gasteiger partial charge in [0.15, 0.2) is 0 Å². The molecule has 6 N–H and O–H groups in total. The van der Waals surface area contributed by atoms with Crippen LogP contribution in [-0.2, 0) is 0 Å². The van der Waals surface area contributed by atoms with Crippen LogP contribution in [0, 0.1) is 0 Å². The molecule has 6 rings (SSSR count). The van der Waals surface area contributed by atoms with Gasteiger partial charge < -0.3 is 31.2 Å². The molecule has 0 fully saturated rings. The number of nitrogens with one attached hydrogen (secondary N) is 6. The Morgan fingerprint density at radius 3 is 1.32 bits per heavy atom. The summed E-state index contributed by atoms with van der Waals surface area (Å²) in [7, 11) is 3.70. The Balaban J connectivity index is 1.19. The number of benzene rings is 4. The zero-order valence-corrected chi connectivity index (χ0v) is 24.6. The van der Waals surface area contributed by atoms with Crippen LogP contribution in [0.15, 0.2) is 84.9 Å². The van der Waals surface area contributed by atoms with E-state index >= 15 is 0 Å². The lowest BCUT2D eigenvalue weighted by Gasteiger charge is -2.05.